The van der Waals surface area contributed by atoms with Gasteiger partial charge in [-0.3, -0.25) is 4.90 Å². The van der Waals surface area contributed by atoms with E-state index < -0.39 is 17.5 Å². The number of piperidine rings is 1. The molecule has 6 heteroatoms. The topological polar surface area (TPSA) is 38.5 Å². The summed E-state index contributed by atoms with van der Waals surface area (Å²) >= 11 is 0. The SMILES string of the molecule is COC1CN(C(CN)c2cc(F)c(F)c(F)c2)CCC1C. The summed E-state index contributed by atoms with van der Waals surface area (Å²) in [5.74, 6) is -3.39. The predicted molar refractivity (Wildman–Crippen MR) is 74.3 cm³/mol. The van der Waals surface area contributed by atoms with Gasteiger partial charge in [-0.25, -0.2) is 13.2 Å². The van der Waals surface area contributed by atoms with Crippen LogP contribution in [0.5, 0.6) is 0 Å². The highest BCUT2D eigenvalue weighted by atomic mass is 19.2. The van der Waals surface area contributed by atoms with E-state index in [0.29, 0.717) is 18.0 Å². The van der Waals surface area contributed by atoms with Gasteiger partial charge in [-0.15, -0.1) is 0 Å². The molecule has 3 unspecified atom stereocenters. The Hall–Kier alpha value is -1.11. The van der Waals surface area contributed by atoms with Crippen LogP contribution in [0.2, 0.25) is 0 Å². The molecule has 1 aromatic carbocycles. The maximum atomic E-state index is 13.4. The molecule has 1 heterocycles. The lowest BCUT2D eigenvalue weighted by Gasteiger charge is -2.40. The summed E-state index contributed by atoms with van der Waals surface area (Å²) in [5.41, 5.74) is 6.13. The van der Waals surface area contributed by atoms with E-state index in [9.17, 15) is 13.2 Å². The molecule has 1 aliphatic heterocycles. The molecule has 118 valence electrons. The van der Waals surface area contributed by atoms with Crippen LogP contribution >= 0.6 is 0 Å². The van der Waals surface area contributed by atoms with Crippen molar-refractivity contribution < 1.29 is 17.9 Å². The van der Waals surface area contributed by atoms with Crippen molar-refractivity contribution in [1.82, 2.24) is 4.90 Å². The zero-order valence-corrected chi connectivity index (χ0v) is 12.3. The largest absolute Gasteiger partial charge is 0.380 e. The minimum atomic E-state index is -1.45. The molecule has 21 heavy (non-hydrogen) atoms. The molecule has 0 aliphatic carbocycles. The third-order valence-electron chi connectivity index (χ3n) is 4.28. The first-order valence-electron chi connectivity index (χ1n) is 7.09. The van der Waals surface area contributed by atoms with Crippen LogP contribution in [0, 0.1) is 23.4 Å². The quantitative estimate of drug-likeness (QED) is 0.868. The van der Waals surface area contributed by atoms with Crippen molar-refractivity contribution in [3.63, 3.8) is 0 Å². The zero-order chi connectivity index (χ0) is 15.6. The first-order valence-corrected chi connectivity index (χ1v) is 7.09. The van der Waals surface area contributed by atoms with E-state index in [1.807, 2.05) is 4.90 Å². The molecule has 0 bridgehead atoms. The van der Waals surface area contributed by atoms with E-state index >= 15 is 0 Å². The van der Waals surface area contributed by atoms with Crippen molar-refractivity contribution in [3.8, 4) is 0 Å². The highest BCUT2D eigenvalue weighted by Crippen LogP contribution is 2.29. The normalized spacial score (nSPS) is 25.0. The third-order valence-corrected chi connectivity index (χ3v) is 4.28. The average Bonchev–Trinajstić information content (AvgIpc) is 2.47. The summed E-state index contributed by atoms with van der Waals surface area (Å²) in [4.78, 5) is 2.04. The number of ether oxygens (including phenoxy) is 1. The van der Waals surface area contributed by atoms with Crippen LogP contribution in [-0.4, -0.2) is 37.7 Å². The second kappa shape index (κ2) is 6.77. The first kappa shape index (κ1) is 16.3. The molecular formula is C15H21F3N2O. The van der Waals surface area contributed by atoms with Gasteiger partial charge >= 0.3 is 0 Å². The van der Waals surface area contributed by atoms with E-state index in [4.69, 9.17) is 10.5 Å². The smallest absolute Gasteiger partial charge is 0.194 e. The van der Waals surface area contributed by atoms with E-state index in [-0.39, 0.29) is 18.7 Å². The van der Waals surface area contributed by atoms with Gasteiger partial charge in [0.1, 0.15) is 0 Å². The Bertz CT molecular complexity index is 475. The molecule has 2 rings (SSSR count). The van der Waals surface area contributed by atoms with Crippen LogP contribution in [0.1, 0.15) is 24.9 Å². The van der Waals surface area contributed by atoms with Crippen LogP contribution < -0.4 is 5.73 Å². The summed E-state index contributed by atoms with van der Waals surface area (Å²) in [7, 11) is 1.65. The standard InChI is InChI=1S/C15H21F3N2O/c1-9-3-4-20(8-14(9)21-2)13(7-19)10-5-11(16)15(18)12(17)6-10/h5-6,9,13-14H,3-4,7-8,19H2,1-2H3. The predicted octanol–water partition coefficient (Wildman–Crippen LogP) is 2.46. The number of hydrogen-bond acceptors (Lipinski definition) is 3. The van der Waals surface area contributed by atoms with Gasteiger partial charge in [0.15, 0.2) is 17.5 Å². The second-order valence-corrected chi connectivity index (χ2v) is 5.59. The van der Waals surface area contributed by atoms with Gasteiger partial charge in [0.05, 0.1) is 6.10 Å². The molecule has 2 N–H and O–H groups in total. The number of benzene rings is 1. The van der Waals surface area contributed by atoms with E-state index in [1.165, 1.54) is 0 Å². The Morgan fingerprint density at radius 3 is 2.48 bits per heavy atom. The number of nitrogens with two attached hydrogens (primary N) is 1. The lowest BCUT2D eigenvalue weighted by atomic mass is 9.93. The van der Waals surface area contributed by atoms with Gasteiger partial charge in [-0.1, -0.05) is 6.92 Å². The van der Waals surface area contributed by atoms with Crippen LogP contribution in [-0.2, 0) is 4.74 Å². The van der Waals surface area contributed by atoms with E-state index in [0.717, 1.165) is 25.1 Å². The fourth-order valence-corrected chi connectivity index (χ4v) is 2.91. The Morgan fingerprint density at radius 1 is 1.33 bits per heavy atom. The summed E-state index contributed by atoms with van der Waals surface area (Å²) in [6.07, 6.45) is 0.976. The van der Waals surface area contributed by atoms with Crippen LogP contribution in [0.4, 0.5) is 13.2 Å². The summed E-state index contributed by atoms with van der Waals surface area (Å²) < 4.78 is 45.3. The number of likely N-dealkylation sites (tertiary alicyclic amines) is 1. The van der Waals surface area contributed by atoms with Gasteiger partial charge in [-0.2, -0.15) is 0 Å². The molecule has 3 atom stereocenters. The molecule has 0 amide bonds. The van der Waals surface area contributed by atoms with Crippen molar-refractivity contribution in [2.75, 3.05) is 26.7 Å². The molecule has 3 nitrogen and oxygen atoms in total. The molecule has 1 saturated heterocycles. The van der Waals surface area contributed by atoms with Crippen LogP contribution in [0.15, 0.2) is 12.1 Å². The molecule has 1 fully saturated rings. The molecule has 0 aromatic heterocycles. The Labute approximate surface area is 122 Å². The molecule has 0 radical (unpaired) electrons. The summed E-state index contributed by atoms with van der Waals surface area (Å²) in [6, 6.07) is 1.70. The zero-order valence-electron chi connectivity index (χ0n) is 12.3. The van der Waals surface area contributed by atoms with Gasteiger partial charge in [0.25, 0.3) is 0 Å². The Kier molecular flexibility index (Phi) is 5.24. The lowest BCUT2D eigenvalue weighted by Crippen LogP contribution is -2.47. The van der Waals surface area contributed by atoms with Gasteiger partial charge in [0.2, 0.25) is 0 Å². The Balaban J connectivity index is 2.23. The van der Waals surface area contributed by atoms with E-state index in [1.54, 1.807) is 7.11 Å². The molecule has 1 aromatic rings. The van der Waals surface area contributed by atoms with E-state index in [2.05, 4.69) is 6.92 Å². The van der Waals surface area contributed by atoms with Gasteiger partial charge in [0, 0.05) is 26.2 Å². The average molecular weight is 302 g/mol. The summed E-state index contributed by atoms with van der Waals surface area (Å²) in [6.45, 7) is 3.72. The number of methoxy groups -OCH3 is 1. The number of nitrogens with zero attached hydrogens (tertiary/aromatic N) is 1. The fourth-order valence-electron chi connectivity index (χ4n) is 2.91. The van der Waals surface area contributed by atoms with Crippen molar-refractivity contribution in [2.45, 2.75) is 25.5 Å². The molecule has 0 saturated carbocycles. The highest BCUT2D eigenvalue weighted by molar-refractivity contribution is 5.23. The fraction of sp³-hybridized carbons (Fsp3) is 0.600. The van der Waals surface area contributed by atoms with Crippen molar-refractivity contribution in [1.29, 1.82) is 0 Å². The Morgan fingerprint density at radius 2 is 1.95 bits per heavy atom. The third kappa shape index (κ3) is 3.39. The lowest BCUT2D eigenvalue weighted by molar-refractivity contribution is -0.0184. The maximum absolute atomic E-state index is 13.4. The number of rotatable bonds is 4. The van der Waals surface area contributed by atoms with Crippen molar-refractivity contribution >= 4 is 0 Å². The van der Waals surface area contributed by atoms with Crippen LogP contribution in [0.25, 0.3) is 0 Å². The van der Waals surface area contributed by atoms with Gasteiger partial charge < -0.3 is 10.5 Å². The monoisotopic (exact) mass is 302 g/mol. The second-order valence-electron chi connectivity index (χ2n) is 5.59. The minimum absolute atomic E-state index is 0.0583. The maximum Gasteiger partial charge on any atom is 0.194 e. The highest BCUT2D eigenvalue weighted by Gasteiger charge is 2.31. The summed E-state index contributed by atoms with van der Waals surface area (Å²) in [5, 5.41) is 0. The number of hydrogen-bond donors (Lipinski definition) is 1. The first-order chi connectivity index (χ1) is 9.97. The van der Waals surface area contributed by atoms with Crippen molar-refractivity contribution in [2.24, 2.45) is 11.7 Å². The molecule has 1 aliphatic rings. The van der Waals surface area contributed by atoms with Crippen LogP contribution in [0.3, 0.4) is 0 Å². The van der Waals surface area contributed by atoms with Gasteiger partial charge in [-0.05, 0) is 36.6 Å². The van der Waals surface area contributed by atoms with Crippen molar-refractivity contribution in [3.05, 3.63) is 35.1 Å². The molecule has 0 spiro atoms. The number of halogens is 3. The minimum Gasteiger partial charge on any atom is -0.380 e. The molecular weight excluding hydrogens is 281 g/mol.